The molecule has 0 aliphatic carbocycles. The molecule has 2 unspecified atom stereocenters. The smallest absolute Gasteiger partial charge is 0.333 e. The van der Waals surface area contributed by atoms with E-state index in [-0.39, 0.29) is 6.61 Å². The molecule has 0 aliphatic rings. The predicted molar refractivity (Wildman–Crippen MR) is 51.0 cm³/mol. The van der Waals surface area contributed by atoms with E-state index in [0.717, 1.165) is 0 Å². The molecule has 7 nitrogen and oxygen atoms in total. The maximum Gasteiger partial charge on any atom is 0.333 e. The van der Waals surface area contributed by atoms with Crippen LogP contribution in [-0.2, 0) is 19.1 Å². The quantitative estimate of drug-likeness (QED) is 0.542. The topological polar surface area (TPSA) is 121 Å². The number of ether oxygens (including phenoxy) is 1. The Morgan fingerprint density at radius 3 is 2.00 bits per heavy atom. The van der Waals surface area contributed by atoms with Gasteiger partial charge in [0.25, 0.3) is 0 Å². The summed E-state index contributed by atoms with van der Waals surface area (Å²) in [6.07, 6.45) is -1.90. The van der Waals surface area contributed by atoms with Crippen LogP contribution in [-0.4, -0.2) is 45.9 Å². The van der Waals surface area contributed by atoms with Crippen LogP contribution in [0.15, 0.2) is 0 Å². The zero-order chi connectivity index (χ0) is 12.7. The van der Waals surface area contributed by atoms with Crippen LogP contribution >= 0.6 is 0 Å². The summed E-state index contributed by atoms with van der Waals surface area (Å²) in [5.41, 5.74) is 0. The Labute approximate surface area is 91.6 Å². The second-order valence-electron chi connectivity index (χ2n) is 3.17. The first-order chi connectivity index (χ1) is 7.40. The number of carbonyl (C=O) groups is 3. The molecule has 0 spiro atoms. The largest absolute Gasteiger partial charge is 0.481 e. The lowest BCUT2D eigenvalue weighted by Gasteiger charge is -2.18. The van der Waals surface area contributed by atoms with Gasteiger partial charge in [-0.15, -0.1) is 0 Å². The second-order valence-corrected chi connectivity index (χ2v) is 3.17. The lowest BCUT2D eigenvalue weighted by atomic mass is 9.98. The number of carboxylic acid groups (broad SMARTS) is 3. The number of carboxylic acids is 3. The van der Waals surface area contributed by atoms with Gasteiger partial charge < -0.3 is 20.1 Å². The monoisotopic (exact) mass is 234 g/mol. The molecule has 0 rings (SSSR count). The van der Waals surface area contributed by atoms with Crippen molar-refractivity contribution in [2.75, 3.05) is 6.61 Å². The Morgan fingerprint density at radius 1 is 1.12 bits per heavy atom. The molecule has 0 amide bonds. The highest BCUT2D eigenvalue weighted by Gasteiger charge is 2.36. The zero-order valence-electron chi connectivity index (χ0n) is 8.75. The van der Waals surface area contributed by atoms with Gasteiger partial charge in [0, 0.05) is 6.61 Å². The molecule has 0 bridgehead atoms. The van der Waals surface area contributed by atoms with E-state index < -0.39 is 36.4 Å². The van der Waals surface area contributed by atoms with Crippen molar-refractivity contribution in [3.05, 3.63) is 0 Å². The van der Waals surface area contributed by atoms with Crippen molar-refractivity contribution in [2.45, 2.75) is 25.9 Å². The molecule has 0 aromatic rings. The van der Waals surface area contributed by atoms with E-state index >= 15 is 0 Å². The van der Waals surface area contributed by atoms with Crippen molar-refractivity contribution >= 4 is 17.9 Å². The molecule has 16 heavy (non-hydrogen) atoms. The first-order valence-electron chi connectivity index (χ1n) is 4.69. The normalized spacial score (nSPS) is 14.1. The fraction of sp³-hybridized carbons (Fsp3) is 0.667. The Bertz CT molecular complexity index is 273. The maximum absolute atomic E-state index is 10.8. The van der Waals surface area contributed by atoms with Crippen LogP contribution < -0.4 is 0 Å². The Hall–Kier alpha value is -1.63. The molecule has 0 radical (unpaired) electrons. The number of aliphatic carboxylic acids is 3. The molecular formula is C9H14O7. The third-order valence-corrected chi connectivity index (χ3v) is 1.82. The Balaban J connectivity index is 4.72. The summed E-state index contributed by atoms with van der Waals surface area (Å²) in [6.45, 7) is 1.80. The van der Waals surface area contributed by atoms with Gasteiger partial charge in [0.2, 0.25) is 0 Å². The average molecular weight is 234 g/mol. The summed E-state index contributed by atoms with van der Waals surface area (Å²) < 4.78 is 4.83. The summed E-state index contributed by atoms with van der Waals surface area (Å²) in [4.78, 5) is 31.9. The first kappa shape index (κ1) is 14.4. The molecule has 0 aliphatic heterocycles. The van der Waals surface area contributed by atoms with Gasteiger partial charge in [-0.2, -0.15) is 0 Å². The highest BCUT2D eigenvalue weighted by atomic mass is 16.5. The van der Waals surface area contributed by atoms with Crippen LogP contribution in [0, 0.1) is 5.92 Å². The van der Waals surface area contributed by atoms with Crippen molar-refractivity contribution in [3.8, 4) is 0 Å². The molecule has 0 aromatic heterocycles. The van der Waals surface area contributed by atoms with E-state index in [1.54, 1.807) is 6.92 Å². The molecule has 0 fully saturated rings. The fourth-order valence-electron chi connectivity index (χ4n) is 1.12. The van der Waals surface area contributed by atoms with Crippen molar-refractivity contribution in [1.29, 1.82) is 0 Å². The third kappa shape index (κ3) is 4.74. The highest BCUT2D eigenvalue weighted by Crippen LogP contribution is 2.14. The van der Waals surface area contributed by atoms with Crippen molar-refractivity contribution in [3.63, 3.8) is 0 Å². The van der Waals surface area contributed by atoms with E-state index in [4.69, 9.17) is 20.1 Å². The molecule has 0 aromatic carbocycles. The molecule has 0 saturated heterocycles. The minimum absolute atomic E-state index is 0.0698. The summed E-state index contributed by atoms with van der Waals surface area (Å²) >= 11 is 0. The van der Waals surface area contributed by atoms with E-state index in [9.17, 15) is 14.4 Å². The third-order valence-electron chi connectivity index (χ3n) is 1.82. The van der Waals surface area contributed by atoms with Crippen molar-refractivity contribution in [2.24, 2.45) is 5.92 Å². The number of hydrogen-bond acceptors (Lipinski definition) is 4. The highest BCUT2D eigenvalue weighted by molar-refractivity contribution is 5.85. The zero-order valence-corrected chi connectivity index (χ0v) is 8.75. The summed E-state index contributed by atoms with van der Waals surface area (Å²) in [6, 6.07) is 0. The Morgan fingerprint density at radius 2 is 1.69 bits per heavy atom. The van der Waals surface area contributed by atoms with E-state index in [1.807, 2.05) is 0 Å². The van der Waals surface area contributed by atoms with Crippen LogP contribution in [0.4, 0.5) is 0 Å². The summed E-state index contributed by atoms with van der Waals surface area (Å²) in [5, 5.41) is 26.0. The van der Waals surface area contributed by atoms with Gasteiger partial charge in [-0.3, -0.25) is 9.59 Å². The summed E-state index contributed by atoms with van der Waals surface area (Å²) in [7, 11) is 0. The Kier molecular flexibility index (Phi) is 6.09. The van der Waals surface area contributed by atoms with Crippen LogP contribution in [0.2, 0.25) is 0 Å². The summed E-state index contributed by atoms with van der Waals surface area (Å²) in [5.74, 6) is -5.92. The van der Waals surface area contributed by atoms with E-state index in [2.05, 4.69) is 0 Å². The van der Waals surface area contributed by atoms with E-state index in [1.165, 1.54) is 0 Å². The molecular weight excluding hydrogens is 220 g/mol. The molecule has 0 heterocycles. The van der Waals surface area contributed by atoms with Gasteiger partial charge >= 0.3 is 17.9 Å². The minimum Gasteiger partial charge on any atom is -0.481 e. The molecule has 2 atom stereocenters. The van der Waals surface area contributed by atoms with Gasteiger partial charge in [-0.1, -0.05) is 6.92 Å². The van der Waals surface area contributed by atoms with Crippen LogP contribution in [0.1, 0.15) is 19.8 Å². The number of hydrogen-bond donors (Lipinski definition) is 3. The van der Waals surface area contributed by atoms with Crippen LogP contribution in [0.5, 0.6) is 0 Å². The minimum atomic E-state index is -1.63. The maximum atomic E-state index is 10.8. The average Bonchev–Trinajstić information content (AvgIpc) is 2.15. The van der Waals surface area contributed by atoms with Gasteiger partial charge in [0.1, 0.15) is 5.92 Å². The van der Waals surface area contributed by atoms with Gasteiger partial charge in [0.05, 0.1) is 6.42 Å². The van der Waals surface area contributed by atoms with Crippen LogP contribution in [0.25, 0.3) is 0 Å². The molecule has 3 N–H and O–H groups in total. The van der Waals surface area contributed by atoms with E-state index in [0.29, 0.717) is 6.42 Å². The SMILES string of the molecule is CCCOC(C(=O)O)C(CC(=O)O)C(=O)O. The predicted octanol–water partition coefficient (Wildman–Crippen LogP) is 0.0417. The van der Waals surface area contributed by atoms with Gasteiger partial charge in [0.15, 0.2) is 6.10 Å². The van der Waals surface area contributed by atoms with Gasteiger partial charge in [-0.25, -0.2) is 4.79 Å². The lowest BCUT2D eigenvalue weighted by molar-refractivity contribution is -0.166. The first-order valence-corrected chi connectivity index (χ1v) is 4.69. The fourth-order valence-corrected chi connectivity index (χ4v) is 1.12. The van der Waals surface area contributed by atoms with Crippen molar-refractivity contribution in [1.82, 2.24) is 0 Å². The number of rotatable bonds is 8. The lowest BCUT2D eigenvalue weighted by Crippen LogP contribution is -2.38. The standard InChI is InChI=1S/C9H14O7/c1-2-3-16-7(9(14)15)5(8(12)13)4-6(10)11/h5,7H,2-4H2,1H3,(H,10,11)(H,12,13)(H,14,15). The second kappa shape index (κ2) is 6.78. The van der Waals surface area contributed by atoms with Gasteiger partial charge in [-0.05, 0) is 6.42 Å². The molecule has 92 valence electrons. The van der Waals surface area contributed by atoms with Crippen LogP contribution in [0.3, 0.4) is 0 Å². The molecule has 0 saturated carbocycles. The van der Waals surface area contributed by atoms with Crippen molar-refractivity contribution < 1.29 is 34.4 Å². The molecule has 7 heteroatoms.